The number of pyridine rings is 1. The minimum absolute atomic E-state index is 0.313. The van der Waals surface area contributed by atoms with Crippen LogP contribution in [0.25, 0.3) is 0 Å². The number of hydrazine groups is 1. The first-order valence-corrected chi connectivity index (χ1v) is 6.90. The van der Waals surface area contributed by atoms with Gasteiger partial charge in [0.25, 0.3) is 0 Å². The van der Waals surface area contributed by atoms with E-state index in [1.807, 2.05) is 12.1 Å². The van der Waals surface area contributed by atoms with E-state index in [9.17, 15) is 0 Å². The van der Waals surface area contributed by atoms with Crippen LogP contribution in [0.1, 0.15) is 38.2 Å². The predicted molar refractivity (Wildman–Crippen MR) is 74.6 cm³/mol. The summed E-state index contributed by atoms with van der Waals surface area (Å²) >= 11 is 0. The maximum absolute atomic E-state index is 5.90. The fourth-order valence-electron chi connectivity index (χ4n) is 3.07. The van der Waals surface area contributed by atoms with Gasteiger partial charge in [0, 0.05) is 12.2 Å². The van der Waals surface area contributed by atoms with E-state index in [0.29, 0.717) is 17.8 Å². The Morgan fingerprint density at radius 3 is 2.94 bits per heavy atom. The molecule has 1 fully saturated rings. The molecule has 3 unspecified atom stereocenters. The van der Waals surface area contributed by atoms with Gasteiger partial charge in [-0.3, -0.25) is 11.3 Å². The first kappa shape index (κ1) is 13.3. The monoisotopic (exact) mass is 248 g/mol. The van der Waals surface area contributed by atoms with Crippen LogP contribution in [0.3, 0.4) is 0 Å². The van der Waals surface area contributed by atoms with Gasteiger partial charge in [0.2, 0.25) is 0 Å². The van der Waals surface area contributed by atoms with E-state index in [4.69, 9.17) is 11.6 Å². The topological polar surface area (TPSA) is 77.0 Å². The van der Waals surface area contributed by atoms with E-state index in [-0.39, 0.29) is 0 Å². The van der Waals surface area contributed by atoms with Crippen molar-refractivity contribution in [2.75, 3.05) is 5.73 Å². The Balaban J connectivity index is 2.00. The van der Waals surface area contributed by atoms with Gasteiger partial charge < -0.3 is 5.73 Å². The summed E-state index contributed by atoms with van der Waals surface area (Å²) in [6.45, 7) is 2.27. The molecule has 0 radical (unpaired) electrons. The minimum Gasteiger partial charge on any atom is -0.383 e. The largest absolute Gasteiger partial charge is 0.383 e. The van der Waals surface area contributed by atoms with Crippen LogP contribution >= 0.6 is 0 Å². The summed E-state index contributed by atoms with van der Waals surface area (Å²) in [5.74, 6) is 7.89. The van der Waals surface area contributed by atoms with Crippen LogP contribution in [0.2, 0.25) is 0 Å². The molecule has 2 rings (SSSR count). The second kappa shape index (κ2) is 6.16. The van der Waals surface area contributed by atoms with Crippen molar-refractivity contribution in [1.29, 1.82) is 0 Å². The van der Waals surface area contributed by atoms with Gasteiger partial charge in [-0.05, 0) is 42.7 Å². The standard InChI is InChI=1S/C14H24N4/c1-2-10-5-6-11(8-10)13(18-16)9-12-4-3-7-17-14(12)15/h3-4,7,10-11,13,18H,2,5-6,8-9,16H2,1H3,(H2,15,17). The number of hydrogen-bond donors (Lipinski definition) is 3. The number of nitrogens with zero attached hydrogens (tertiary/aromatic N) is 1. The molecule has 5 N–H and O–H groups in total. The predicted octanol–water partition coefficient (Wildman–Crippen LogP) is 1.86. The minimum atomic E-state index is 0.313. The van der Waals surface area contributed by atoms with Gasteiger partial charge in [-0.1, -0.05) is 25.8 Å². The molecule has 0 bridgehead atoms. The van der Waals surface area contributed by atoms with Gasteiger partial charge >= 0.3 is 0 Å². The van der Waals surface area contributed by atoms with E-state index < -0.39 is 0 Å². The van der Waals surface area contributed by atoms with Crippen LogP contribution in [-0.4, -0.2) is 11.0 Å². The summed E-state index contributed by atoms with van der Waals surface area (Å²) in [5.41, 5.74) is 9.97. The highest BCUT2D eigenvalue weighted by molar-refractivity contribution is 5.38. The van der Waals surface area contributed by atoms with Crippen LogP contribution in [0.5, 0.6) is 0 Å². The SMILES string of the molecule is CCC1CCC(C(Cc2cccnc2N)NN)C1. The Hall–Kier alpha value is -1.13. The third kappa shape index (κ3) is 3.00. The van der Waals surface area contributed by atoms with E-state index in [0.717, 1.165) is 17.9 Å². The molecule has 0 spiro atoms. The first-order valence-electron chi connectivity index (χ1n) is 6.90. The van der Waals surface area contributed by atoms with Crippen molar-refractivity contribution in [1.82, 2.24) is 10.4 Å². The van der Waals surface area contributed by atoms with E-state index in [1.54, 1.807) is 6.20 Å². The summed E-state index contributed by atoms with van der Waals surface area (Å²) in [7, 11) is 0. The van der Waals surface area contributed by atoms with Crippen molar-refractivity contribution in [2.24, 2.45) is 17.7 Å². The normalized spacial score (nSPS) is 25.2. The number of nitrogens with one attached hydrogen (secondary N) is 1. The highest BCUT2D eigenvalue weighted by Crippen LogP contribution is 2.35. The molecule has 3 atom stereocenters. The number of hydrogen-bond acceptors (Lipinski definition) is 4. The van der Waals surface area contributed by atoms with Crippen molar-refractivity contribution in [3.8, 4) is 0 Å². The van der Waals surface area contributed by atoms with Crippen LogP contribution in [0, 0.1) is 11.8 Å². The number of anilines is 1. The van der Waals surface area contributed by atoms with Crippen molar-refractivity contribution in [2.45, 2.75) is 45.1 Å². The van der Waals surface area contributed by atoms with E-state index >= 15 is 0 Å². The molecular formula is C14H24N4. The average Bonchev–Trinajstić information content (AvgIpc) is 2.86. The number of nitrogens with two attached hydrogens (primary N) is 2. The average molecular weight is 248 g/mol. The van der Waals surface area contributed by atoms with Crippen molar-refractivity contribution in [3.05, 3.63) is 23.9 Å². The Kier molecular flexibility index (Phi) is 4.55. The number of nitrogen functional groups attached to an aromatic ring is 1. The lowest BCUT2D eigenvalue weighted by atomic mass is 9.91. The van der Waals surface area contributed by atoms with Gasteiger partial charge in [-0.2, -0.15) is 0 Å². The molecule has 0 saturated heterocycles. The molecule has 4 nitrogen and oxygen atoms in total. The molecule has 1 aliphatic rings. The lowest BCUT2D eigenvalue weighted by molar-refractivity contribution is 0.348. The van der Waals surface area contributed by atoms with Gasteiger partial charge in [0.15, 0.2) is 0 Å². The van der Waals surface area contributed by atoms with Crippen LogP contribution in [-0.2, 0) is 6.42 Å². The van der Waals surface area contributed by atoms with Crippen molar-refractivity contribution in [3.63, 3.8) is 0 Å². The molecule has 4 heteroatoms. The molecular weight excluding hydrogens is 224 g/mol. The van der Waals surface area contributed by atoms with E-state index in [1.165, 1.54) is 25.7 Å². The number of rotatable bonds is 5. The second-order valence-corrected chi connectivity index (χ2v) is 5.37. The maximum atomic E-state index is 5.90. The highest BCUT2D eigenvalue weighted by atomic mass is 15.2. The molecule has 0 amide bonds. The Bertz CT molecular complexity index is 380. The lowest BCUT2D eigenvalue weighted by Crippen LogP contribution is -2.42. The Morgan fingerprint density at radius 2 is 2.33 bits per heavy atom. The van der Waals surface area contributed by atoms with Gasteiger partial charge in [0.1, 0.15) is 5.82 Å². The molecule has 0 aliphatic heterocycles. The highest BCUT2D eigenvalue weighted by Gasteiger charge is 2.29. The first-order chi connectivity index (χ1) is 8.74. The Morgan fingerprint density at radius 1 is 1.50 bits per heavy atom. The zero-order valence-electron chi connectivity index (χ0n) is 11.1. The molecule has 1 aromatic rings. The molecule has 18 heavy (non-hydrogen) atoms. The summed E-state index contributed by atoms with van der Waals surface area (Å²) in [6, 6.07) is 4.29. The summed E-state index contributed by atoms with van der Waals surface area (Å²) < 4.78 is 0. The fraction of sp³-hybridized carbons (Fsp3) is 0.643. The summed E-state index contributed by atoms with van der Waals surface area (Å²) in [5, 5.41) is 0. The second-order valence-electron chi connectivity index (χ2n) is 5.37. The zero-order chi connectivity index (χ0) is 13.0. The molecule has 100 valence electrons. The van der Waals surface area contributed by atoms with Gasteiger partial charge in [0.05, 0.1) is 0 Å². The zero-order valence-corrected chi connectivity index (χ0v) is 11.1. The van der Waals surface area contributed by atoms with Crippen molar-refractivity contribution < 1.29 is 0 Å². The lowest BCUT2D eigenvalue weighted by Gasteiger charge is -2.23. The van der Waals surface area contributed by atoms with Gasteiger partial charge in [-0.25, -0.2) is 4.98 Å². The molecule has 1 saturated carbocycles. The van der Waals surface area contributed by atoms with Gasteiger partial charge in [-0.15, -0.1) is 0 Å². The quantitative estimate of drug-likeness (QED) is 0.549. The molecule has 1 aliphatic carbocycles. The molecule has 1 aromatic heterocycles. The molecule has 0 aromatic carbocycles. The van der Waals surface area contributed by atoms with Crippen molar-refractivity contribution >= 4 is 5.82 Å². The van der Waals surface area contributed by atoms with E-state index in [2.05, 4.69) is 17.3 Å². The van der Waals surface area contributed by atoms with Crippen LogP contribution in [0.4, 0.5) is 5.82 Å². The van der Waals surface area contributed by atoms with Crippen LogP contribution < -0.4 is 17.0 Å². The summed E-state index contributed by atoms with van der Waals surface area (Å²) in [4.78, 5) is 4.13. The Labute approximate surface area is 109 Å². The summed E-state index contributed by atoms with van der Waals surface area (Å²) in [6.07, 6.45) is 7.77. The third-order valence-corrected chi connectivity index (χ3v) is 4.31. The molecule has 1 heterocycles. The van der Waals surface area contributed by atoms with Crippen LogP contribution in [0.15, 0.2) is 18.3 Å². The number of aromatic nitrogens is 1. The smallest absolute Gasteiger partial charge is 0.126 e. The third-order valence-electron chi connectivity index (χ3n) is 4.31. The maximum Gasteiger partial charge on any atom is 0.126 e. The fourth-order valence-corrected chi connectivity index (χ4v) is 3.07.